The monoisotopic (exact) mass is 312 g/mol. The summed E-state index contributed by atoms with van der Waals surface area (Å²) in [5, 5.41) is 0. The van der Waals surface area contributed by atoms with Crippen LogP contribution in [-0.4, -0.2) is 67.6 Å². The van der Waals surface area contributed by atoms with E-state index in [4.69, 9.17) is 5.73 Å². The van der Waals surface area contributed by atoms with Crippen LogP contribution < -0.4 is 5.73 Å². The maximum atomic E-state index is 12.3. The first kappa shape index (κ1) is 16.4. The van der Waals surface area contributed by atoms with Gasteiger partial charge in [0.25, 0.3) is 0 Å². The highest BCUT2D eigenvalue weighted by atomic mass is 32.2. The molecule has 1 fully saturated rings. The smallest absolute Gasteiger partial charge is 0.214 e. The van der Waals surface area contributed by atoms with Crippen molar-refractivity contribution in [2.45, 2.75) is 12.8 Å². The van der Waals surface area contributed by atoms with Crippen molar-refractivity contribution in [3.63, 3.8) is 0 Å². The minimum atomic E-state index is -3.18. The first-order valence-electron chi connectivity index (χ1n) is 7.42. The summed E-state index contributed by atoms with van der Waals surface area (Å²) in [4.78, 5) is 6.45. The van der Waals surface area contributed by atoms with E-state index in [-0.39, 0.29) is 5.75 Å². The molecule has 0 aliphatic carbocycles. The second kappa shape index (κ2) is 7.84. The van der Waals surface area contributed by atoms with E-state index in [1.165, 1.54) is 0 Å². The SMILES string of the molecule is NCCCN1CCN(S(=O)(=O)CCc2ccccn2)CC1. The minimum absolute atomic E-state index is 0.132. The summed E-state index contributed by atoms with van der Waals surface area (Å²) < 4.78 is 26.3. The molecule has 0 amide bonds. The summed E-state index contributed by atoms with van der Waals surface area (Å²) in [6.07, 6.45) is 3.13. The van der Waals surface area contributed by atoms with Gasteiger partial charge in [-0.25, -0.2) is 8.42 Å². The van der Waals surface area contributed by atoms with E-state index in [1.807, 2.05) is 18.2 Å². The summed E-state index contributed by atoms with van der Waals surface area (Å²) in [6, 6.07) is 5.57. The Kier molecular flexibility index (Phi) is 6.10. The van der Waals surface area contributed by atoms with Gasteiger partial charge in [0.05, 0.1) is 5.75 Å². The van der Waals surface area contributed by atoms with Crippen LogP contribution in [0.5, 0.6) is 0 Å². The molecular formula is C14H24N4O2S. The number of aryl methyl sites for hydroxylation is 1. The number of nitrogens with zero attached hydrogens (tertiary/aromatic N) is 3. The molecule has 0 atom stereocenters. The molecule has 2 heterocycles. The van der Waals surface area contributed by atoms with Crippen LogP contribution in [0.25, 0.3) is 0 Å². The lowest BCUT2D eigenvalue weighted by Gasteiger charge is -2.33. The van der Waals surface area contributed by atoms with E-state index in [9.17, 15) is 8.42 Å². The molecule has 2 N–H and O–H groups in total. The van der Waals surface area contributed by atoms with Crippen LogP contribution in [0.2, 0.25) is 0 Å². The van der Waals surface area contributed by atoms with Gasteiger partial charge in [0.15, 0.2) is 0 Å². The van der Waals surface area contributed by atoms with Gasteiger partial charge in [0.2, 0.25) is 10.0 Å². The highest BCUT2D eigenvalue weighted by Gasteiger charge is 2.26. The van der Waals surface area contributed by atoms with Gasteiger partial charge >= 0.3 is 0 Å². The summed E-state index contributed by atoms with van der Waals surface area (Å²) >= 11 is 0. The summed E-state index contributed by atoms with van der Waals surface area (Å²) in [5.74, 6) is 0.132. The zero-order valence-corrected chi connectivity index (χ0v) is 13.1. The summed E-state index contributed by atoms with van der Waals surface area (Å²) in [7, 11) is -3.18. The molecule has 21 heavy (non-hydrogen) atoms. The van der Waals surface area contributed by atoms with E-state index >= 15 is 0 Å². The Morgan fingerprint density at radius 3 is 2.57 bits per heavy atom. The van der Waals surface area contributed by atoms with Crippen molar-refractivity contribution in [1.82, 2.24) is 14.2 Å². The van der Waals surface area contributed by atoms with E-state index < -0.39 is 10.0 Å². The fourth-order valence-electron chi connectivity index (χ4n) is 2.45. The molecule has 6 nitrogen and oxygen atoms in total. The number of sulfonamides is 1. The lowest BCUT2D eigenvalue weighted by atomic mass is 10.3. The molecular weight excluding hydrogens is 288 g/mol. The van der Waals surface area contributed by atoms with Crippen LogP contribution in [0.15, 0.2) is 24.4 Å². The number of hydrogen-bond donors (Lipinski definition) is 1. The molecule has 1 aromatic rings. The number of pyridine rings is 1. The van der Waals surface area contributed by atoms with E-state index in [0.717, 1.165) is 31.7 Å². The number of aromatic nitrogens is 1. The van der Waals surface area contributed by atoms with Gasteiger partial charge in [0.1, 0.15) is 0 Å². The Morgan fingerprint density at radius 1 is 1.19 bits per heavy atom. The Balaban J connectivity index is 1.81. The van der Waals surface area contributed by atoms with Gasteiger partial charge in [-0.05, 0) is 31.6 Å². The standard InChI is InChI=1S/C14H24N4O2S/c15-6-3-8-17-9-11-18(12-10-17)21(19,20)13-5-14-4-1-2-7-16-14/h1-2,4,7H,3,5-6,8-13,15H2. The maximum absolute atomic E-state index is 12.3. The highest BCUT2D eigenvalue weighted by molar-refractivity contribution is 7.89. The van der Waals surface area contributed by atoms with Gasteiger partial charge < -0.3 is 10.6 Å². The first-order chi connectivity index (χ1) is 10.1. The largest absolute Gasteiger partial charge is 0.330 e. The third-order valence-electron chi connectivity index (χ3n) is 3.75. The zero-order chi connectivity index (χ0) is 15.1. The van der Waals surface area contributed by atoms with Gasteiger partial charge in [-0.1, -0.05) is 6.07 Å². The third kappa shape index (κ3) is 5.03. The van der Waals surface area contributed by atoms with Gasteiger partial charge in [-0.3, -0.25) is 4.98 Å². The normalized spacial score (nSPS) is 18.0. The quantitative estimate of drug-likeness (QED) is 0.762. The second-order valence-electron chi connectivity index (χ2n) is 5.27. The molecule has 0 aromatic carbocycles. The van der Waals surface area contributed by atoms with Crippen LogP contribution in [0.1, 0.15) is 12.1 Å². The molecule has 1 aliphatic heterocycles. The Labute approximate surface area is 127 Å². The molecule has 0 radical (unpaired) electrons. The molecule has 2 rings (SSSR count). The van der Waals surface area contributed by atoms with Crippen molar-refractivity contribution >= 4 is 10.0 Å². The first-order valence-corrected chi connectivity index (χ1v) is 9.03. The van der Waals surface area contributed by atoms with E-state index in [2.05, 4.69) is 9.88 Å². The molecule has 0 saturated carbocycles. The van der Waals surface area contributed by atoms with Crippen LogP contribution in [0.4, 0.5) is 0 Å². The molecule has 0 unspecified atom stereocenters. The van der Waals surface area contributed by atoms with Crippen molar-refractivity contribution in [1.29, 1.82) is 0 Å². The van der Waals surface area contributed by atoms with Crippen LogP contribution in [-0.2, 0) is 16.4 Å². The molecule has 0 bridgehead atoms. The topological polar surface area (TPSA) is 79.5 Å². The van der Waals surface area contributed by atoms with Gasteiger partial charge in [0, 0.05) is 44.5 Å². The number of rotatable bonds is 7. The number of piperazine rings is 1. The Hall–Kier alpha value is -1.02. The molecule has 118 valence electrons. The third-order valence-corrected chi connectivity index (χ3v) is 5.62. The van der Waals surface area contributed by atoms with E-state index in [0.29, 0.717) is 26.1 Å². The number of hydrogen-bond acceptors (Lipinski definition) is 5. The minimum Gasteiger partial charge on any atom is -0.330 e. The van der Waals surface area contributed by atoms with Crippen LogP contribution >= 0.6 is 0 Å². The summed E-state index contributed by atoms with van der Waals surface area (Å²) in [6.45, 7) is 4.39. The van der Waals surface area contributed by atoms with Crippen LogP contribution in [0.3, 0.4) is 0 Å². The average molecular weight is 312 g/mol. The maximum Gasteiger partial charge on any atom is 0.214 e. The van der Waals surface area contributed by atoms with Gasteiger partial charge in [-0.15, -0.1) is 0 Å². The molecule has 1 aliphatic rings. The van der Waals surface area contributed by atoms with Crippen molar-refractivity contribution in [2.24, 2.45) is 5.73 Å². The zero-order valence-electron chi connectivity index (χ0n) is 12.3. The Morgan fingerprint density at radius 2 is 1.95 bits per heavy atom. The fraction of sp³-hybridized carbons (Fsp3) is 0.643. The lowest BCUT2D eigenvalue weighted by Crippen LogP contribution is -2.49. The summed E-state index contributed by atoms with van der Waals surface area (Å²) in [5.41, 5.74) is 6.32. The lowest BCUT2D eigenvalue weighted by molar-refractivity contribution is 0.187. The highest BCUT2D eigenvalue weighted by Crippen LogP contribution is 2.10. The van der Waals surface area contributed by atoms with Crippen molar-refractivity contribution in [3.8, 4) is 0 Å². The molecule has 1 saturated heterocycles. The predicted octanol–water partition coefficient (Wildman–Crippen LogP) is -0.0797. The molecule has 1 aromatic heterocycles. The average Bonchev–Trinajstić information content (AvgIpc) is 2.52. The predicted molar refractivity (Wildman–Crippen MR) is 83.4 cm³/mol. The Bertz CT molecular complexity index is 513. The van der Waals surface area contributed by atoms with Crippen molar-refractivity contribution in [2.75, 3.05) is 45.0 Å². The van der Waals surface area contributed by atoms with Crippen LogP contribution in [0, 0.1) is 0 Å². The van der Waals surface area contributed by atoms with Gasteiger partial charge in [-0.2, -0.15) is 4.31 Å². The van der Waals surface area contributed by atoms with E-state index in [1.54, 1.807) is 10.5 Å². The molecule has 0 spiro atoms. The van der Waals surface area contributed by atoms with Crippen molar-refractivity contribution in [3.05, 3.63) is 30.1 Å². The number of nitrogens with two attached hydrogens (primary N) is 1. The fourth-order valence-corrected chi connectivity index (χ4v) is 3.90. The van der Waals surface area contributed by atoms with Crippen molar-refractivity contribution < 1.29 is 8.42 Å². The second-order valence-corrected chi connectivity index (χ2v) is 7.36. The molecule has 7 heteroatoms.